The first kappa shape index (κ1) is 17.5. The van der Waals surface area contributed by atoms with Gasteiger partial charge in [0.05, 0.1) is 16.8 Å². The molecule has 1 aliphatic rings. The molecule has 5 rings (SSSR count). The van der Waals surface area contributed by atoms with Gasteiger partial charge in [-0.1, -0.05) is 53.6 Å². The summed E-state index contributed by atoms with van der Waals surface area (Å²) >= 11 is 6.49. The fraction of sp³-hybridized carbons (Fsp3) is 0.0455. The lowest BCUT2D eigenvalue weighted by Gasteiger charge is -2.21. The fourth-order valence-corrected chi connectivity index (χ4v) is 3.81. The number of anilines is 2. The molecule has 0 bridgehead atoms. The summed E-state index contributed by atoms with van der Waals surface area (Å²) in [5, 5.41) is 3.09. The minimum atomic E-state index is -1.00. The lowest BCUT2D eigenvalue weighted by molar-refractivity contribution is 0.0980. The van der Waals surface area contributed by atoms with Gasteiger partial charge in [0.25, 0.3) is 0 Å². The monoisotopic (exact) mass is 405 g/mol. The van der Waals surface area contributed by atoms with Gasteiger partial charge < -0.3 is 14.2 Å². The second-order valence-electron chi connectivity index (χ2n) is 6.75. The van der Waals surface area contributed by atoms with E-state index in [0.29, 0.717) is 5.69 Å². The first-order chi connectivity index (χ1) is 14.0. The van der Waals surface area contributed by atoms with Crippen LogP contribution in [0.25, 0.3) is 11.2 Å². The van der Waals surface area contributed by atoms with E-state index >= 15 is 0 Å². The molecule has 0 atom stereocenters. The van der Waals surface area contributed by atoms with Gasteiger partial charge in [-0.15, -0.1) is 0 Å². The van der Waals surface area contributed by atoms with Crippen LogP contribution in [-0.4, -0.2) is 11.6 Å². The molecule has 0 amide bonds. The summed E-state index contributed by atoms with van der Waals surface area (Å²) in [5.74, 6) is -1.83. The van der Waals surface area contributed by atoms with Gasteiger partial charge in [-0.3, -0.25) is 9.59 Å². The fourth-order valence-electron chi connectivity index (χ4n) is 3.54. The van der Waals surface area contributed by atoms with Gasteiger partial charge in [-0.2, -0.15) is 0 Å². The van der Waals surface area contributed by atoms with Gasteiger partial charge in [0.2, 0.25) is 0 Å². The van der Waals surface area contributed by atoms with Crippen LogP contribution in [0, 0.1) is 6.92 Å². The third kappa shape index (κ3) is 2.53. The summed E-state index contributed by atoms with van der Waals surface area (Å²) in [5.41, 5.74) is 2.21. The maximum absolute atomic E-state index is 13.3. The smallest absolute Gasteiger partial charge is 0.390 e. The Morgan fingerprint density at radius 1 is 0.793 bits per heavy atom. The Labute approximate surface area is 168 Å². The number of rotatable bonds is 2. The molecule has 0 saturated carbocycles. The predicted molar refractivity (Wildman–Crippen MR) is 108 cm³/mol. The average Bonchev–Trinajstić information content (AvgIpc) is 3.11. The summed E-state index contributed by atoms with van der Waals surface area (Å²) in [7, 11) is 0. The Kier molecular flexibility index (Phi) is 3.72. The summed E-state index contributed by atoms with van der Waals surface area (Å²) in [6.45, 7) is 1.95. The second-order valence-corrected chi connectivity index (χ2v) is 7.12. The van der Waals surface area contributed by atoms with E-state index in [1.165, 1.54) is 0 Å². The highest BCUT2D eigenvalue weighted by Gasteiger charge is 2.37. The summed E-state index contributed by atoms with van der Waals surface area (Å²) in [4.78, 5) is 38.3. The molecule has 4 aromatic rings. The van der Waals surface area contributed by atoms with E-state index in [2.05, 4.69) is 5.32 Å². The lowest BCUT2D eigenvalue weighted by Crippen LogP contribution is -2.22. The van der Waals surface area contributed by atoms with E-state index in [1.54, 1.807) is 24.3 Å². The summed E-state index contributed by atoms with van der Waals surface area (Å²) < 4.78 is 10.2. The van der Waals surface area contributed by atoms with E-state index < -0.39 is 17.4 Å². The number of nitrogens with one attached hydrogen (secondary N) is 1. The molecule has 0 fully saturated rings. The van der Waals surface area contributed by atoms with Crippen LogP contribution in [0.1, 0.15) is 37.4 Å². The van der Waals surface area contributed by atoms with Crippen LogP contribution in [0.2, 0.25) is 5.02 Å². The van der Waals surface area contributed by atoms with Gasteiger partial charge in [0.15, 0.2) is 22.7 Å². The standard InChI is InChI=1S/C22H12ClNO5/c1-10-6-8-11(9-7-10)24-17-14-15(20-21(16(17)23)29-22(27)28-20)19(26)13-5-3-2-4-12(13)18(14)25/h2-9,24H,1H3. The number of carbonyl (C=O) groups excluding carboxylic acids is 2. The van der Waals surface area contributed by atoms with Crippen molar-refractivity contribution in [2.75, 3.05) is 5.32 Å². The SMILES string of the molecule is Cc1ccc(Nc2c3c(c4oc(=O)oc4c2Cl)C(=O)c2ccccc2C3=O)cc1. The van der Waals surface area contributed by atoms with Crippen molar-refractivity contribution in [3.8, 4) is 0 Å². The molecule has 1 aliphatic carbocycles. The van der Waals surface area contributed by atoms with E-state index in [4.69, 9.17) is 20.4 Å². The van der Waals surface area contributed by atoms with Crippen molar-refractivity contribution in [2.45, 2.75) is 6.92 Å². The van der Waals surface area contributed by atoms with Crippen LogP contribution in [0.4, 0.5) is 11.4 Å². The topological polar surface area (TPSA) is 89.5 Å². The van der Waals surface area contributed by atoms with E-state index in [0.717, 1.165) is 5.56 Å². The highest BCUT2D eigenvalue weighted by atomic mass is 35.5. The largest absolute Gasteiger partial charge is 0.519 e. The maximum Gasteiger partial charge on any atom is 0.519 e. The number of carbonyl (C=O) groups is 2. The lowest BCUT2D eigenvalue weighted by atomic mass is 9.82. The third-order valence-corrected chi connectivity index (χ3v) is 5.27. The summed E-state index contributed by atoms with van der Waals surface area (Å²) in [6, 6.07) is 13.9. The quantitative estimate of drug-likeness (QED) is 0.450. The maximum atomic E-state index is 13.3. The Morgan fingerprint density at radius 3 is 2.03 bits per heavy atom. The van der Waals surface area contributed by atoms with Crippen LogP contribution in [0.3, 0.4) is 0 Å². The molecule has 1 N–H and O–H groups in total. The molecule has 6 nitrogen and oxygen atoms in total. The molecule has 29 heavy (non-hydrogen) atoms. The number of halogens is 1. The number of hydrogen-bond acceptors (Lipinski definition) is 6. The van der Waals surface area contributed by atoms with Gasteiger partial charge in [-0.25, -0.2) is 4.79 Å². The number of benzene rings is 3. The minimum absolute atomic E-state index is 0.00861. The molecule has 0 unspecified atom stereocenters. The normalized spacial score (nSPS) is 12.8. The molecular weight excluding hydrogens is 394 g/mol. The zero-order valence-corrected chi connectivity index (χ0v) is 15.8. The van der Waals surface area contributed by atoms with Crippen molar-refractivity contribution in [3.05, 3.63) is 92.0 Å². The zero-order valence-electron chi connectivity index (χ0n) is 15.0. The average molecular weight is 406 g/mol. The Bertz CT molecular complexity index is 1400. The van der Waals surface area contributed by atoms with Crippen LogP contribution in [0.5, 0.6) is 0 Å². The van der Waals surface area contributed by atoms with Crippen molar-refractivity contribution in [1.82, 2.24) is 0 Å². The molecule has 7 heteroatoms. The molecule has 1 aromatic heterocycles. The van der Waals surface area contributed by atoms with E-state index in [1.807, 2.05) is 31.2 Å². The number of hydrogen-bond donors (Lipinski definition) is 1. The summed E-state index contributed by atoms with van der Waals surface area (Å²) in [6.07, 6.45) is 0. The van der Waals surface area contributed by atoms with Crippen molar-refractivity contribution < 1.29 is 18.4 Å². The second kappa shape index (κ2) is 6.18. The van der Waals surface area contributed by atoms with E-state index in [9.17, 15) is 14.4 Å². The van der Waals surface area contributed by atoms with Gasteiger partial charge in [0.1, 0.15) is 5.02 Å². The predicted octanol–water partition coefficient (Wildman–Crippen LogP) is 4.87. The first-order valence-corrected chi connectivity index (χ1v) is 9.14. The molecule has 0 radical (unpaired) electrons. The molecule has 142 valence electrons. The highest BCUT2D eigenvalue weighted by Crippen LogP contribution is 2.43. The number of aryl methyl sites for hydroxylation is 1. The van der Waals surface area contributed by atoms with Gasteiger partial charge in [-0.05, 0) is 19.1 Å². The van der Waals surface area contributed by atoms with Gasteiger partial charge >= 0.3 is 5.82 Å². The van der Waals surface area contributed by atoms with Crippen molar-refractivity contribution in [2.24, 2.45) is 0 Å². The minimum Gasteiger partial charge on any atom is -0.390 e. The van der Waals surface area contributed by atoms with Crippen molar-refractivity contribution in [3.63, 3.8) is 0 Å². The van der Waals surface area contributed by atoms with Crippen molar-refractivity contribution >= 4 is 45.7 Å². The van der Waals surface area contributed by atoms with Crippen LogP contribution in [-0.2, 0) is 0 Å². The molecule has 1 heterocycles. The molecule has 0 spiro atoms. The van der Waals surface area contributed by atoms with Crippen LogP contribution in [0.15, 0.2) is 62.2 Å². The molecule has 0 aliphatic heterocycles. The molecule has 3 aromatic carbocycles. The number of ketones is 2. The number of fused-ring (bicyclic) bond motifs is 4. The van der Waals surface area contributed by atoms with Gasteiger partial charge in [0, 0.05) is 16.8 Å². The first-order valence-electron chi connectivity index (χ1n) is 8.77. The van der Waals surface area contributed by atoms with E-state index in [-0.39, 0.29) is 44.1 Å². The zero-order chi connectivity index (χ0) is 20.3. The Morgan fingerprint density at radius 2 is 1.38 bits per heavy atom. The Balaban J connectivity index is 1.85. The molecule has 0 saturated heterocycles. The van der Waals surface area contributed by atoms with Crippen LogP contribution >= 0.6 is 11.6 Å². The Hall–Kier alpha value is -3.64. The highest BCUT2D eigenvalue weighted by molar-refractivity contribution is 6.42. The molecular formula is C22H12ClNO5. The van der Waals surface area contributed by atoms with Crippen molar-refractivity contribution in [1.29, 1.82) is 0 Å². The van der Waals surface area contributed by atoms with Crippen LogP contribution < -0.4 is 11.1 Å². The third-order valence-electron chi connectivity index (χ3n) is 4.91.